The molecule has 8 heteroatoms. The highest BCUT2D eigenvalue weighted by molar-refractivity contribution is 7.71. The van der Waals surface area contributed by atoms with Gasteiger partial charge in [-0.1, -0.05) is 0 Å². The summed E-state index contributed by atoms with van der Waals surface area (Å²) in [6.45, 7) is 4.44. The molecule has 1 aliphatic rings. The zero-order chi connectivity index (χ0) is 18.5. The van der Waals surface area contributed by atoms with Gasteiger partial charge in [0.1, 0.15) is 5.75 Å². The third-order valence-corrected chi connectivity index (χ3v) is 4.82. The molecule has 0 saturated carbocycles. The van der Waals surface area contributed by atoms with E-state index in [0.29, 0.717) is 24.6 Å². The zero-order valence-corrected chi connectivity index (χ0v) is 15.9. The average molecular weight is 376 g/mol. The molecular weight excluding hydrogens is 352 g/mol. The van der Waals surface area contributed by atoms with Crippen molar-refractivity contribution >= 4 is 18.2 Å². The highest BCUT2D eigenvalue weighted by Gasteiger charge is 2.27. The lowest BCUT2D eigenvalue weighted by Crippen LogP contribution is -2.40. The fourth-order valence-electron chi connectivity index (χ4n) is 3.17. The SMILES string of the molecule is CCOC(=O)C1CCCN(Cn2[nH]c(-c3ccc(OC)cc3)nc2=S)C1. The molecule has 1 aromatic carbocycles. The minimum Gasteiger partial charge on any atom is -0.497 e. The Labute approximate surface area is 157 Å². The van der Waals surface area contributed by atoms with E-state index in [1.165, 1.54) is 0 Å². The van der Waals surface area contributed by atoms with Crippen LogP contribution in [-0.4, -0.2) is 52.4 Å². The van der Waals surface area contributed by atoms with Crippen molar-refractivity contribution in [2.24, 2.45) is 5.92 Å². The summed E-state index contributed by atoms with van der Waals surface area (Å²) >= 11 is 5.39. The molecule has 1 N–H and O–H groups in total. The lowest BCUT2D eigenvalue weighted by molar-refractivity contribution is -0.150. The molecule has 26 heavy (non-hydrogen) atoms. The predicted octanol–water partition coefficient (Wildman–Crippen LogP) is 2.85. The number of nitrogens with one attached hydrogen (secondary N) is 1. The summed E-state index contributed by atoms with van der Waals surface area (Å²) < 4.78 is 12.7. The fourth-order valence-corrected chi connectivity index (χ4v) is 3.36. The number of carbonyl (C=O) groups is 1. The summed E-state index contributed by atoms with van der Waals surface area (Å²) in [6.07, 6.45) is 1.84. The summed E-state index contributed by atoms with van der Waals surface area (Å²) in [6, 6.07) is 7.66. The zero-order valence-electron chi connectivity index (χ0n) is 15.1. The normalized spacial score (nSPS) is 17.8. The Morgan fingerprint density at radius 2 is 2.15 bits per heavy atom. The Balaban J connectivity index is 1.69. The predicted molar refractivity (Wildman–Crippen MR) is 100 cm³/mol. The Kier molecular flexibility index (Phi) is 6.05. The molecule has 1 aromatic heterocycles. The Morgan fingerprint density at radius 1 is 1.38 bits per heavy atom. The van der Waals surface area contributed by atoms with Crippen molar-refractivity contribution in [1.82, 2.24) is 19.7 Å². The van der Waals surface area contributed by atoms with Crippen LogP contribution in [0.25, 0.3) is 11.4 Å². The van der Waals surface area contributed by atoms with E-state index in [9.17, 15) is 4.79 Å². The van der Waals surface area contributed by atoms with Gasteiger partial charge in [0.25, 0.3) is 0 Å². The number of methoxy groups -OCH3 is 1. The largest absolute Gasteiger partial charge is 0.497 e. The van der Waals surface area contributed by atoms with E-state index < -0.39 is 0 Å². The van der Waals surface area contributed by atoms with E-state index in [1.807, 2.05) is 35.9 Å². The van der Waals surface area contributed by atoms with Gasteiger partial charge < -0.3 is 9.47 Å². The molecule has 0 aliphatic carbocycles. The van der Waals surface area contributed by atoms with Gasteiger partial charge in [-0.25, -0.2) is 4.68 Å². The monoisotopic (exact) mass is 376 g/mol. The molecule has 2 heterocycles. The minimum absolute atomic E-state index is 0.0677. The molecule has 1 saturated heterocycles. The average Bonchev–Trinajstić information content (AvgIpc) is 3.03. The second-order valence-corrected chi connectivity index (χ2v) is 6.69. The molecule has 0 spiro atoms. The molecule has 1 atom stereocenters. The second-order valence-electron chi connectivity index (χ2n) is 6.32. The number of likely N-dealkylation sites (tertiary alicyclic amines) is 1. The van der Waals surface area contributed by atoms with Crippen LogP contribution in [0.1, 0.15) is 19.8 Å². The van der Waals surface area contributed by atoms with Crippen molar-refractivity contribution in [3.63, 3.8) is 0 Å². The van der Waals surface area contributed by atoms with Gasteiger partial charge >= 0.3 is 5.97 Å². The van der Waals surface area contributed by atoms with Gasteiger partial charge in [0.15, 0.2) is 5.82 Å². The molecule has 1 unspecified atom stereocenters. The second kappa shape index (κ2) is 8.46. The number of carbonyl (C=O) groups excluding carboxylic acids is 1. The maximum Gasteiger partial charge on any atom is 0.310 e. The van der Waals surface area contributed by atoms with Crippen molar-refractivity contribution < 1.29 is 14.3 Å². The summed E-state index contributed by atoms with van der Waals surface area (Å²) in [5.41, 5.74) is 0.943. The molecule has 0 amide bonds. The number of H-pyrrole nitrogens is 1. The number of piperidine rings is 1. The lowest BCUT2D eigenvalue weighted by Gasteiger charge is -2.31. The smallest absolute Gasteiger partial charge is 0.310 e. The summed E-state index contributed by atoms with van der Waals surface area (Å²) in [4.78, 5) is 18.7. The van der Waals surface area contributed by atoms with E-state index in [4.69, 9.17) is 21.7 Å². The maximum atomic E-state index is 12.0. The number of ether oxygens (including phenoxy) is 2. The number of hydrogen-bond donors (Lipinski definition) is 1. The van der Waals surface area contributed by atoms with E-state index in [0.717, 1.165) is 36.5 Å². The van der Waals surface area contributed by atoms with Crippen molar-refractivity contribution in [3.8, 4) is 17.1 Å². The first kappa shape index (κ1) is 18.6. The molecule has 2 aromatic rings. The van der Waals surface area contributed by atoms with Crippen LogP contribution in [0.2, 0.25) is 0 Å². The van der Waals surface area contributed by atoms with Crippen LogP contribution in [0.15, 0.2) is 24.3 Å². The van der Waals surface area contributed by atoms with Crippen molar-refractivity contribution in [3.05, 3.63) is 29.0 Å². The van der Waals surface area contributed by atoms with E-state index >= 15 is 0 Å². The number of esters is 1. The maximum absolute atomic E-state index is 12.0. The quantitative estimate of drug-likeness (QED) is 0.617. The third-order valence-electron chi connectivity index (χ3n) is 4.51. The van der Waals surface area contributed by atoms with Crippen LogP contribution in [0.3, 0.4) is 0 Å². The summed E-state index contributed by atoms with van der Waals surface area (Å²) in [5.74, 6) is 1.34. The van der Waals surface area contributed by atoms with Crippen LogP contribution in [0.5, 0.6) is 5.75 Å². The van der Waals surface area contributed by atoms with Crippen LogP contribution >= 0.6 is 12.2 Å². The van der Waals surface area contributed by atoms with Gasteiger partial charge in [0.05, 0.1) is 26.3 Å². The lowest BCUT2D eigenvalue weighted by atomic mass is 9.99. The van der Waals surface area contributed by atoms with Crippen molar-refractivity contribution in [1.29, 1.82) is 0 Å². The number of aromatic nitrogens is 3. The minimum atomic E-state index is -0.107. The molecule has 0 radical (unpaired) electrons. The summed E-state index contributed by atoms with van der Waals surface area (Å²) in [7, 11) is 1.64. The Morgan fingerprint density at radius 3 is 2.85 bits per heavy atom. The van der Waals surface area contributed by atoms with E-state index in [2.05, 4.69) is 15.0 Å². The molecule has 3 rings (SSSR count). The molecule has 1 aliphatic heterocycles. The standard InChI is InChI=1S/C18H24N4O3S/c1-3-25-17(23)14-5-4-10-21(11-14)12-22-18(26)19-16(20-22)13-6-8-15(24-2)9-7-13/h6-9,14H,3-5,10-12H2,1-2H3,(H,19,20,26). The number of rotatable bonds is 6. The van der Waals surface area contributed by atoms with Crippen LogP contribution < -0.4 is 4.74 Å². The fraction of sp³-hybridized carbons (Fsp3) is 0.500. The molecule has 7 nitrogen and oxygen atoms in total. The van der Waals surface area contributed by atoms with Crippen LogP contribution in [0.4, 0.5) is 0 Å². The highest BCUT2D eigenvalue weighted by Crippen LogP contribution is 2.21. The highest BCUT2D eigenvalue weighted by atomic mass is 32.1. The van der Waals surface area contributed by atoms with Gasteiger partial charge in [-0.2, -0.15) is 4.98 Å². The topological polar surface area (TPSA) is 72.4 Å². The van der Waals surface area contributed by atoms with E-state index in [1.54, 1.807) is 7.11 Å². The van der Waals surface area contributed by atoms with Crippen LogP contribution in [0, 0.1) is 10.7 Å². The molecule has 0 bridgehead atoms. The Bertz CT molecular complexity index is 800. The van der Waals surface area contributed by atoms with Crippen molar-refractivity contribution in [2.75, 3.05) is 26.8 Å². The first-order chi connectivity index (χ1) is 12.6. The van der Waals surface area contributed by atoms with Crippen molar-refractivity contribution in [2.45, 2.75) is 26.4 Å². The Hall–Kier alpha value is -2.19. The first-order valence-electron chi connectivity index (χ1n) is 8.81. The first-order valence-corrected chi connectivity index (χ1v) is 9.21. The number of hydrogen-bond acceptors (Lipinski definition) is 6. The van der Waals surface area contributed by atoms with Gasteiger partial charge in [0, 0.05) is 12.1 Å². The van der Waals surface area contributed by atoms with Gasteiger partial charge in [-0.05, 0) is 62.8 Å². The number of aromatic amines is 1. The third kappa shape index (κ3) is 4.31. The van der Waals surface area contributed by atoms with Crippen LogP contribution in [-0.2, 0) is 16.2 Å². The summed E-state index contributed by atoms with van der Waals surface area (Å²) in [5, 5.41) is 3.25. The molecule has 1 fully saturated rings. The van der Waals surface area contributed by atoms with Gasteiger partial charge in [-0.3, -0.25) is 14.8 Å². The van der Waals surface area contributed by atoms with Gasteiger partial charge in [-0.15, -0.1) is 0 Å². The number of nitrogens with zero attached hydrogens (tertiary/aromatic N) is 3. The molecule has 140 valence electrons. The van der Waals surface area contributed by atoms with Gasteiger partial charge in [0.2, 0.25) is 4.77 Å². The van der Waals surface area contributed by atoms with E-state index in [-0.39, 0.29) is 11.9 Å². The molecular formula is C18H24N4O3S. The number of benzene rings is 1.